The number of carbonyl (C=O) groups excluding carboxylic acids is 1. The van der Waals surface area contributed by atoms with Crippen molar-refractivity contribution in [3.63, 3.8) is 0 Å². The number of aryl methyl sites for hydroxylation is 1. The molecule has 0 aliphatic rings. The molecule has 0 fully saturated rings. The first-order valence-electron chi connectivity index (χ1n) is 7.99. The number of benzene rings is 2. The zero-order chi connectivity index (χ0) is 16.9. The average molecular weight is 320 g/mol. The van der Waals surface area contributed by atoms with Gasteiger partial charge in [-0.15, -0.1) is 0 Å². The highest BCUT2D eigenvalue weighted by Crippen LogP contribution is 2.24. The van der Waals surface area contributed by atoms with E-state index in [1.54, 1.807) is 0 Å². The molecule has 1 atom stereocenters. The number of nitrogens with one attached hydrogen (secondary N) is 1. The van der Waals surface area contributed by atoms with Gasteiger partial charge in [0.25, 0.3) is 5.91 Å². The molecule has 0 radical (unpaired) electrons. The summed E-state index contributed by atoms with van der Waals surface area (Å²) in [7, 11) is 0. The molecule has 4 heteroatoms. The van der Waals surface area contributed by atoms with Gasteiger partial charge in [0, 0.05) is 12.1 Å². The zero-order valence-electron chi connectivity index (χ0n) is 13.8. The molecular formula is C20H20N2O2. The summed E-state index contributed by atoms with van der Waals surface area (Å²) >= 11 is 0. The summed E-state index contributed by atoms with van der Waals surface area (Å²) < 4.78 is 5.45. The van der Waals surface area contributed by atoms with E-state index in [1.807, 2.05) is 49.4 Å². The molecule has 3 rings (SSSR count). The normalized spacial score (nSPS) is 11.9. The van der Waals surface area contributed by atoms with Crippen molar-refractivity contribution in [2.24, 2.45) is 0 Å². The second-order valence-corrected chi connectivity index (χ2v) is 5.92. The van der Waals surface area contributed by atoms with Gasteiger partial charge in [-0.05, 0) is 24.5 Å². The van der Waals surface area contributed by atoms with Gasteiger partial charge in [0.15, 0.2) is 17.8 Å². The molecule has 24 heavy (non-hydrogen) atoms. The number of carbonyl (C=O) groups is 1. The van der Waals surface area contributed by atoms with Crippen LogP contribution in [0.25, 0.3) is 11.3 Å². The fraction of sp³-hybridized carbons (Fsp3) is 0.200. The van der Waals surface area contributed by atoms with Gasteiger partial charge >= 0.3 is 0 Å². The van der Waals surface area contributed by atoms with Crippen molar-refractivity contribution in [1.82, 2.24) is 10.3 Å². The maximum absolute atomic E-state index is 12.5. The summed E-state index contributed by atoms with van der Waals surface area (Å²) in [6.07, 6.45) is 1.31. The summed E-state index contributed by atoms with van der Waals surface area (Å²) in [5, 5.41) is 2.95. The molecule has 2 aromatic carbocycles. The number of amides is 1. The van der Waals surface area contributed by atoms with Crippen LogP contribution in [0.15, 0.2) is 65.4 Å². The van der Waals surface area contributed by atoms with E-state index in [1.165, 1.54) is 12.0 Å². The maximum atomic E-state index is 12.5. The van der Waals surface area contributed by atoms with Crippen LogP contribution in [0.1, 0.15) is 34.5 Å². The van der Waals surface area contributed by atoms with Crippen molar-refractivity contribution in [2.45, 2.75) is 19.8 Å². The first kappa shape index (κ1) is 16.0. The van der Waals surface area contributed by atoms with E-state index >= 15 is 0 Å². The van der Waals surface area contributed by atoms with E-state index in [4.69, 9.17) is 4.42 Å². The minimum atomic E-state index is -0.219. The molecule has 1 heterocycles. The summed E-state index contributed by atoms with van der Waals surface area (Å²) in [5.74, 6) is 0.510. The van der Waals surface area contributed by atoms with Gasteiger partial charge in [0.2, 0.25) is 0 Å². The molecule has 4 nitrogen and oxygen atoms in total. The Kier molecular flexibility index (Phi) is 4.75. The molecule has 0 saturated carbocycles. The first-order chi connectivity index (χ1) is 11.6. The van der Waals surface area contributed by atoms with Crippen molar-refractivity contribution >= 4 is 5.91 Å². The van der Waals surface area contributed by atoms with Crippen molar-refractivity contribution in [3.8, 4) is 11.3 Å². The van der Waals surface area contributed by atoms with Crippen LogP contribution in [0.3, 0.4) is 0 Å². The van der Waals surface area contributed by atoms with Gasteiger partial charge in [-0.3, -0.25) is 4.79 Å². The van der Waals surface area contributed by atoms with Crippen molar-refractivity contribution in [2.75, 3.05) is 6.54 Å². The van der Waals surface area contributed by atoms with E-state index in [-0.39, 0.29) is 11.8 Å². The topological polar surface area (TPSA) is 55.1 Å². The number of hydrogen-bond acceptors (Lipinski definition) is 3. The lowest BCUT2D eigenvalue weighted by atomic mass is 10.0. The molecule has 1 unspecified atom stereocenters. The Labute approximate surface area is 141 Å². The smallest absolute Gasteiger partial charge is 0.273 e. The molecule has 0 spiro atoms. The molecule has 1 aromatic heterocycles. The minimum absolute atomic E-state index is 0.219. The highest BCUT2D eigenvalue weighted by Gasteiger charge is 2.19. The van der Waals surface area contributed by atoms with Crippen molar-refractivity contribution in [1.29, 1.82) is 0 Å². The highest BCUT2D eigenvalue weighted by molar-refractivity contribution is 5.97. The van der Waals surface area contributed by atoms with Crippen molar-refractivity contribution < 1.29 is 9.21 Å². The molecular weight excluding hydrogens is 300 g/mol. The van der Waals surface area contributed by atoms with Gasteiger partial charge < -0.3 is 9.73 Å². The third kappa shape index (κ3) is 3.54. The Morgan fingerprint density at radius 3 is 2.71 bits per heavy atom. The molecule has 122 valence electrons. The third-order valence-corrected chi connectivity index (χ3v) is 4.00. The monoisotopic (exact) mass is 320 g/mol. The van der Waals surface area contributed by atoms with E-state index in [0.717, 1.165) is 11.1 Å². The molecule has 3 aromatic rings. The highest BCUT2D eigenvalue weighted by atomic mass is 16.3. The lowest BCUT2D eigenvalue weighted by Gasteiger charge is -2.12. The zero-order valence-corrected chi connectivity index (χ0v) is 13.8. The quantitative estimate of drug-likeness (QED) is 0.767. The van der Waals surface area contributed by atoms with Gasteiger partial charge in [0.05, 0.1) is 0 Å². The van der Waals surface area contributed by atoms with E-state index in [2.05, 4.69) is 29.4 Å². The molecule has 0 aliphatic carbocycles. The van der Waals surface area contributed by atoms with Gasteiger partial charge in [0.1, 0.15) is 0 Å². The summed E-state index contributed by atoms with van der Waals surface area (Å²) in [6.45, 7) is 4.63. The van der Waals surface area contributed by atoms with Crippen LogP contribution in [0.2, 0.25) is 0 Å². The largest absolute Gasteiger partial charge is 0.443 e. The van der Waals surface area contributed by atoms with Gasteiger partial charge in [-0.2, -0.15) is 0 Å². The second-order valence-electron chi connectivity index (χ2n) is 5.92. The Bertz CT molecular complexity index is 824. The minimum Gasteiger partial charge on any atom is -0.443 e. The predicted octanol–water partition coefficient (Wildman–Crippen LogP) is 4.18. The van der Waals surface area contributed by atoms with Crippen LogP contribution in [0.4, 0.5) is 0 Å². The Morgan fingerprint density at radius 1 is 1.17 bits per heavy atom. The van der Waals surface area contributed by atoms with Crippen LogP contribution in [-0.4, -0.2) is 17.4 Å². The SMILES string of the molecule is Cc1cccc(-c2ocnc2C(=O)NCC(C)c2ccccc2)c1. The second kappa shape index (κ2) is 7.13. The van der Waals surface area contributed by atoms with Crippen LogP contribution >= 0.6 is 0 Å². The third-order valence-electron chi connectivity index (χ3n) is 4.00. The van der Waals surface area contributed by atoms with E-state index < -0.39 is 0 Å². The van der Waals surface area contributed by atoms with Crippen LogP contribution < -0.4 is 5.32 Å². The number of nitrogens with zero attached hydrogens (tertiary/aromatic N) is 1. The fourth-order valence-electron chi connectivity index (χ4n) is 2.63. The molecule has 0 saturated heterocycles. The molecule has 0 bridgehead atoms. The van der Waals surface area contributed by atoms with Crippen LogP contribution in [-0.2, 0) is 0 Å². The summed E-state index contributed by atoms with van der Waals surface area (Å²) in [5.41, 5.74) is 3.47. The molecule has 1 amide bonds. The van der Waals surface area contributed by atoms with Crippen LogP contribution in [0.5, 0.6) is 0 Å². The summed E-state index contributed by atoms with van der Waals surface area (Å²) in [4.78, 5) is 16.6. The molecule has 1 N–H and O–H groups in total. The number of rotatable bonds is 5. The van der Waals surface area contributed by atoms with E-state index in [9.17, 15) is 4.79 Å². The number of oxazole rings is 1. The standard InChI is InChI=1S/C20H20N2O2/c1-14-7-6-10-17(11-14)19-18(22-13-24-19)20(23)21-12-15(2)16-8-4-3-5-9-16/h3-11,13,15H,12H2,1-2H3,(H,21,23). The van der Waals surface area contributed by atoms with Crippen LogP contribution in [0, 0.1) is 6.92 Å². The Balaban J connectivity index is 1.71. The van der Waals surface area contributed by atoms with Gasteiger partial charge in [-0.1, -0.05) is 61.0 Å². The lowest BCUT2D eigenvalue weighted by molar-refractivity contribution is 0.0947. The fourth-order valence-corrected chi connectivity index (χ4v) is 2.63. The average Bonchev–Trinajstić information content (AvgIpc) is 3.10. The predicted molar refractivity (Wildman–Crippen MR) is 93.9 cm³/mol. The van der Waals surface area contributed by atoms with Crippen molar-refractivity contribution in [3.05, 3.63) is 77.8 Å². The Hall–Kier alpha value is -2.88. The summed E-state index contributed by atoms with van der Waals surface area (Å²) in [6, 6.07) is 17.9. The Morgan fingerprint density at radius 2 is 1.96 bits per heavy atom. The maximum Gasteiger partial charge on any atom is 0.273 e. The van der Waals surface area contributed by atoms with E-state index in [0.29, 0.717) is 18.0 Å². The van der Waals surface area contributed by atoms with Gasteiger partial charge in [-0.25, -0.2) is 4.98 Å². The number of hydrogen-bond donors (Lipinski definition) is 1. The number of aromatic nitrogens is 1. The lowest BCUT2D eigenvalue weighted by Crippen LogP contribution is -2.28. The molecule has 0 aliphatic heterocycles. The first-order valence-corrected chi connectivity index (χ1v) is 7.99.